The molecule has 5 heteroatoms. The van der Waals surface area contributed by atoms with Crippen molar-refractivity contribution in [2.75, 3.05) is 11.9 Å². The van der Waals surface area contributed by atoms with E-state index >= 15 is 0 Å². The highest BCUT2D eigenvalue weighted by Gasteiger charge is 2.37. The van der Waals surface area contributed by atoms with Crippen LogP contribution < -0.4 is 10.1 Å². The fraction of sp³-hybridized carbons (Fsp3) is 0.296. The molecule has 1 fully saturated rings. The number of hydrogen-bond acceptors (Lipinski definition) is 3. The van der Waals surface area contributed by atoms with Crippen molar-refractivity contribution < 1.29 is 9.53 Å². The van der Waals surface area contributed by atoms with Crippen molar-refractivity contribution in [2.45, 2.75) is 44.2 Å². The largest absolute Gasteiger partial charge is 0.417 e. The Labute approximate surface area is 200 Å². The number of ether oxygens (including phenoxy) is 1. The molecule has 0 spiro atoms. The van der Waals surface area contributed by atoms with Crippen molar-refractivity contribution in [3.8, 4) is 5.75 Å². The summed E-state index contributed by atoms with van der Waals surface area (Å²) in [5.41, 5.74) is 4.68. The molecule has 0 bridgehead atoms. The summed E-state index contributed by atoms with van der Waals surface area (Å²) in [4.78, 5) is 15.1. The van der Waals surface area contributed by atoms with E-state index < -0.39 is 6.09 Å². The third-order valence-electron chi connectivity index (χ3n) is 6.60. The van der Waals surface area contributed by atoms with E-state index in [2.05, 4.69) is 46.6 Å². The zero-order chi connectivity index (χ0) is 21.0. The zero-order valence-corrected chi connectivity index (χ0v) is 19.8. The predicted octanol–water partition coefficient (Wildman–Crippen LogP) is 6.57. The van der Waals surface area contributed by atoms with Crippen LogP contribution in [0.1, 0.15) is 41.9 Å². The van der Waals surface area contributed by atoms with Crippen LogP contribution in [-0.2, 0) is 13.0 Å². The minimum atomic E-state index is -0.434. The second-order valence-electron chi connectivity index (χ2n) is 8.52. The quantitative estimate of drug-likeness (QED) is 0.447. The molecule has 1 aliphatic heterocycles. The number of hydrogen-bond donors (Lipinski definition) is 1. The van der Waals surface area contributed by atoms with Gasteiger partial charge in [0.25, 0.3) is 0 Å². The molecule has 1 aliphatic carbocycles. The van der Waals surface area contributed by atoms with Gasteiger partial charge in [-0.25, -0.2) is 4.79 Å². The summed E-state index contributed by atoms with van der Waals surface area (Å²) in [6.45, 7) is 2.16. The van der Waals surface area contributed by atoms with Gasteiger partial charge in [-0.3, -0.25) is 10.2 Å². The normalized spacial score (nSPS) is 19.8. The van der Waals surface area contributed by atoms with Crippen LogP contribution in [0.25, 0.3) is 0 Å². The van der Waals surface area contributed by atoms with Crippen LogP contribution >= 0.6 is 17.0 Å². The Hall–Kier alpha value is -2.63. The van der Waals surface area contributed by atoms with E-state index in [4.69, 9.17) is 4.74 Å². The van der Waals surface area contributed by atoms with Gasteiger partial charge in [0.05, 0.1) is 0 Å². The zero-order valence-electron chi connectivity index (χ0n) is 18.1. The van der Waals surface area contributed by atoms with Crippen LogP contribution in [0.15, 0.2) is 78.9 Å². The third-order valence-corrected chi connectivity index (χ3v) is 6.60. The molecule has 3 aromatic rings. The number of para-hydroxylation sites is 1. The molecular formula is C27H29BrN2O2. The first kappa shape index (κ1) is 22.6. The number of carbonyl (C=O) groups excluding carboxylic acids is 1. The number of nitrogens with one attached hydrogen (secondary N) is 1. The first-order valence-electron chi connectivity index (χ1n) is 11.2. The Balaban J connectivity index is 0.00000245. The van der Waals surface area contributed by atoms with E-state index in [1.807, 2.05) is 42.5 Å². The van der Waals surface area contributed by atoms with Gasteiger partial charge in [-0.15, -0.1) is 17.0 Å². The van der Waals surface area contributed by atoms with Crippen molar-refractivity contribution >= 4 is 28.8 Å². The summed E-state index contributed by atoms with van der Waals surface area (Å²) in [5, 5.41) is 2.82. The molecule has 4 nitrogen and oxygen atoms in total. The van der Waals surface area contributed by atoms with E-state index in [1.165, 1.54) is 29.5 Å². The van der Waals surface area contributed by atoms with Crippen molar-refractivity contribution in [3.05, 3.63) is 95.6 Å². The Morgan fingerprint density at radius 3 is 2.47 bits per heavy atom. The molecule has 1 saturated heterocycles. The van der Waals surface area contributed by atoms with E-state index in [9.17, 15) is 4.79 Å². The third kappa shape index (κ3) is 4.89. The average Bonchev–Trinajstić information content (AvgIpc) is 2.81. The van der Waals surface area contributed by atoms with Gasteiger partial charge in [-0.1, -0.05) is 60.7 Å². The lowest BCUT2D eigenvalue weighted by Crippen LogP contribution is -2.45. The summed E-state index contributed by atoms with van der Waals surface area (Å²) >= 11 is 0. The minimum Gasteiger partial charge on any atom is -0.410 e. The summed E-state index contributed by atoms with van der Waals surface area (Å²) in [6, 6.07) is 26.9. The maximum Gasteiger partial charge on any atom is 0.417 e. The van der Waals surface area contributed by atoms with Gasteiger partial charge >= 0.3 is 6.09 Å². The van der Waals surface area contributed by atoms with Gasteiger partial charge < -0.3 is 4.74 Å². The Morgan fingerprint density at radius 2 is 1.69 bits per heavy atom. The molecule has 1 amide bonds. The topological polar surface area (TPSA) is 41.6 Å². The SMILES string of the molecule is Br.O=C(Nc1ccccc1)Oc1cccc2c1CC[C@H]1[C@H]2CCCN1Cc1ccccc1. The number of fused-ring (bicyclic) bond motifs is 3. The summed E-state index contributed by atoms with van der Waals surface area (Å²) in [6.07, 6.45) is 4.01. The van der Waals surface area contributed by atoms with Gasteiger partial charge in [0.2, 0.25) is 0 Å². The van der Waals surface area contributed by atoms with E-state index in [-0.39, 0.29) is 17.0 Å². The monoisotopic (exact) mass is 492 g/mol. The molecule has 1 heterocycles. The van der Waals surface area contributed by atoms with Crippen molar-refractivity contribution in [2.24, 2.45) is 0 Å². The number of nitrogens with zero attached hydrogens (tertiary/aromatic N) is 1. The summed E-state index contributed by atoms with van der Waals surface area (Å²) in [5.74, 6) is 1.20. The molecule has 1 N–H and O–H groups in total. The van der Waals surface area contributed by atoms with Crippen LogP contribution in [-0.4, -0.2) is 23.6 Å². The second kappa shape index (κ2) is 10.3. The number of amides is 1. The highest BCUT2D eigenvalue weighted by molar-refractivity contribution is 8.93. The van der Waals surface area contributed by atoms with Gasteiger partial charge in [-0.05, 0) is 73.0 Å². The van der Waals surface area contributed by atoms with Crippen LogP contribution in [0.2, 0.25) is 0 Å². The molecule has 166 valence electrons. The van der Waals surface area contributed by atoms with E-state index in [0.29, 0.717) is 17.7 Å². The Morgan fingerprint density at radius 1 is 0.938 bits per heavy atom. The first-order valence-corrected chi connectivity index (χ1v) is 11.2. The molecule has 32 heavy (non-hydrogen) atoms. The highest BCUT2D eigenvalue weighted by atomic mass is 79.9. The van der Waals surface area contributed by atoms with Gasteiger partial charge in [0, 0.05) is 18.3 Å². The van der Waals surface area contributed by atoms with Crippen LogP contribution in [0, 0.1) is 0 Å². The second-order valence-corrected chi connectivity index (χ2v) is 8.52. The smallest absolute Gasteiger partial charge is 0.410 e. The molecule has 2 atom stereocenters. The molecule has 5 rings (SSSR count). The van der Waals surface area contributed by atoms with E-state index in [1.54, 1.807) is 0 Å². The number of rotatable bonds is 4. The van der Waals surface area contributed by atoms with Gasteiger partial charge in [0.15, 0.2) is 0 Å². The number of halogens is 1. The predicted molar refractivity (Wildman–Crippen MR) is 134 cm³/mol. The molecule has 0 saturated carbocycles. The molecule has 0 unspecified atom stereocenters. The van der Waals surface area contributed by atoms with Gasteiger partial charge in [0.1, 0.15) is 5.75 Å². The maximum absolute atomic E-state index is 12.5. The van der Waals surface area contributed by atoms with Crippen LogP contribution in [0.3, 0.4) is 0 Å². The molecule has 3 aromatic carbocycles. The molecule has 0 radical (unpaired) electrons. The van der Waals surface area contributed by atoms with Crippen molar-refractivity contribution in [1.29, 1.82) is 0 Å². The maximum atomic E-state index is 12.5. The standard InChI is InChI=1S/C27H28N2O2.BrH/c30-27(28-21-11-5-2-6-12-21)31-26-15-7-13-22-23-14-8-18-29(25(23)17-16-24(22)26)19-20-9-3-1-4-10-20;/h1-7,9-13,15,23,25H,8,14,16-19H2,(H,28,30);1H/t23-,25-;/m0./s1. The first-order chi connectivity index (χ1) is 15.3. The number of carbonyl (C=O) groups is 1. The lowest BCUT2D eigenvalue weighted by atomic mass is 9.74. The number of piperidine rings is 1. The van der Waals surface area contributed by atoms with Gasteiger partial charge in [-0.2, -0.15) is 0 Å². The van der Waals surface area contributed by atoms with Crippen LogP contribution in [0.5, 0.6) is 5.75 Å². The number of likely N-dealkylation sites (tertiary alicyclic amines) is 1. The van der Waals surface area contributed by atoms with Crippen molar-refractivity contribution in [1.82, 2.24) is 4.90 Å². The highest BCUT2D eigenvalue weighted by Crippen LogP contribution is 2.43. The van der Waals surface area contributed by atoms with E-state index in [0.717, 1.165) is 31.6 Å². The number of benzene rings is 3. The molecule has 2 aliphatic rings. The Kier molecular flexibility index (Phi) is 7.28. The summed E-state index contributed by atoms with van der Waals surface area (Å²) in [7, 11) is 0. The lowest BCUT2D eigenvalue weighted by Gasteiger charge is -2.45. The fourth-order valence-corrected chi connectivity index (χ4v) is 5.24. The average molecular weight is 493 g/mol. The van der Waals surface area contributed by atoms with Crippen LogP contribution in [0.4, 0.5) is 10.5 Å². The fourth-order valence-electron chi connectivity index (χ4n) is 5.24. The minimum absolute atomic E-state index is 0. The Bertz CT molecular complexity index is 1040. The lowest BCUT2D eigenvalue weighted by molar-refractivity contribution is 0.104. The molecule has 0 aromatic heterocycles. The molecular weight excluding hydrogens is 464 g/mol. The summed E-state index contributed by atoms with van der Waals surface area (Å²) < 4.78 is 5.76. The van der Waals surface area contributed by atoms with Crippen molar-refractivity contribution in [3.63, 3.8) is 0 Å². The number of anilines is 1.